The molecule has 12 aromatic rings. The summed E-state index contributed by atoms with van der Waals surface area (Å²) in [5.41, 5.74) is 5.36. The summed E-state index contributed by atoms with van der Waals surface area (Å²) in [6.45, 7) is 0. The first-order valence-corrected chi connectivity index (χ1v) is 18.9. The van der Waals surface area contributed by atoms with Gasteiger partial charge in [0.25, 0.3) is 0 Å². The van der Waals surface area contributed by atoms with Gasteiger partial charge >= 0.3 is 0 Å². The van der Waals surface area contributed by atoms with Gasteiger partial charge in [0, 0.05) is 72.5 Å². The summed E-state index contributed by atoms with van der Waals surface area (Å²) in [5, 5.41) is 3.91. The third-order valence-corrected chi connectivity index (χ3v) is 13.3. The van der Waals surface area contributed by atoms with Gasteiger partial charge < -0.3 is 4.57 Å². The Bertz CT molecular complexity index is 4020. The maximum absolute atomic E-state index is 9.49. The van der Waals surface area contributed by atoms with Gasteiger partial charge in [-0.3, -0.25) is 0 Å². The zero-order chi connectivity index (χ0) is 42.6. The lowest BCUT2D eigenvalue weighted by Gasteiger charge is -2.08. The second kappa shape index (κ2) is 10.8. The molecule has 0 fully saturated rings. The van der Waals surface area contributed by atoms with E-state index in [1.165, 1.54) is 20.2 Å². The van der Waals surface area contributed by atoms with Crippen LogP contribution in [0.2, 0.25) is 0 Å². The van der Waals surface area contributed by atoms with Crippen molar-refractivity contribution in [2.45, 2.75) is 0 Å². The highest BCUT2D eigenvalue weighted by atomic mass is 32.1. The molecule has 0 N–H and O–H groups in total. The van der Waals surface area contributed by atoms with E-state index in [4.69, 9.17) is 19.6 Å². The SMILES string of the molecule is [2H]c1c([2H])c([2H])c2c(sc3c2c([2H])c([2H])c2c3c3c([2H])c([2H])c([2H])c([2H])c3n2-c2ccc3sc4c(-c5cccc(-c6cccc7c6sc6ccccc67)c5)ncnc4c3c2)c1[2H]. The van der Waals surface area contributed by atoms with Crippen molar-refractivity contribution in [2.75, 3.05) is 0 Å². The monoisotopic (exact) mass is 725 g/mol. The fourth-order valence-corrected chi connectivity index (χ4v) is 11.1. The van der Waals surface area contributed by atoms with Gasteiger partial charge in [-0.25, -0.2) is 9.97 Å². The van der Waals surface area contributed by atoms with Gasteiger partial charge in [0.1, 0.15) is 6.33 Å². The van der Waals surface area contributed by atoms with Crippen molar-refractivity contribution in [1.29, 1.82) is 0 Å². The predicted molar refractivity (Wildman–Crippen MR) is 226 cm³/mol. The highest BCUT2D eigenvalue weighted by Gasteiger charge is 2.20. The first-order valence-electron chi connectivity index (χ1n) is 21.5. The summed E-state index contributed by atoms with van der Waals surface area (Å²) in [6.07, 6.45) is 1.55. The zero-order valence-corrected chi connectivity index (χ0v) is 29.2. The minimum atomic E-state index is -0.463. The molecule has 0 aliphatic carbocycles. The number of benzene rings is 7. The van der Waals surface area contributed by atoms with Crippen molar-refractivity contribution in [1.82, 2.24) is 14.5 Å². The maximum atomic E-state index is 9.49. The van der Waals surface area contributed by atoms with Gasteiger partial charge in [-0.05, 0) is 59.6 Å². The fraction of sp³-hybridized carbons (Fsp3) is 0. The van der Waals surface area contributed by atoms with Crippen molar-refractivity contribution in [3.05, 3.63) is 152 Å². The van der Waals surface area contributed by atoms with Gasteiger partial charge in [0.15, 0.2) is 0 Å². The smallest absolute Gasteiger partial charge is 0.116 e. The van der Waals surface area contributed by atoms with Crippen molar-refractivity contribution >= 4 is 116 Å². The van der Waals surface area contributed by atoms with Crippen LogP contribution in [0, 0.1) is 0 Å². The molecule has 0 radical (unpaired) electrons. The van der Waals surface area contributed by atoms with Crippen LogP contribution < -0.4 is 0 Å². The topological polar surface area (TPSA) is 30.7 Å². The first-order chi connectivity index (χ1) is 29.9. The highest BCUT2D eigenvalue weighted by molar-refractivity contribution is 7.27. The molecular formula is C46H25N3S3. The number of hydrogen-bond acceptors (Lipinski definition) is 5. The number of rotatable bonds is 3. The van der Waals surface area contributed by atoms with Crippen LogP contribution in [0.15, 0.2) is 152 Å². The predicted octanol–water partition coefficient (Wildman–Crippen LogP) is 14.0. The Kier molecular flexibility index (Phi) is 4.32. The maximum Gasteiger partial charge on any atom is 0.116 e. The zero-order valence-electron chi connectivity index (χ0n) is 36.7. The van der Waals surface area contributed by atoms with E-state index >= 15 is 0 Å². The largest absolute Gasteiger partial charge is 0.309 e. The second-order valence-corrected chi connectivity index (χ2v) is 15.7. The van der Waals surface area contributed by atoms with Gasteiger partial charge in [0.05, 0.1) is 40.7 Å². The summed E-state index contributed by atoms with van der Waals surface area (Å²) in [6, 6.07) is 25.3. The van der Waals surface area contributed by atoms with E-state index < -0.39 is 24.2 Å². The lowest BCUT2D eigenvalue weighted by molar-refractivity contribution is 1.19. The molecule has 6 heteroatoms. The van der Waals surface area contributed by atoms with E-state index in [1.807, 2.05) is 30.3 Å². The number of hydrogen-bond donors (Lipinski definition) is 0. The molecule has 0 saturated carbocycles. The molecule has 0 saturated heterocycles. The van der Waals surface area contributed by atoms with E-state index in [9.17, 15) is 4.11 Å². The van der Waals surface area contributed by atoms with Crippen LogP contribution in [0.3, 0.4) is 0 Å². The van der Waals surface area contributed by atoms with Gasteiger partial charge in [-0.1, -0.05) is 96.9 Å². The number of para-hydroxylation sites is 1. The van der Waals surface area contributed by atoms with Crippen LogP contribution in [0.5, 0.6) is 0 Å². The van der Waals surface area contributed by atoms with E-state index in [-0.39, 0.29) is 73.5 Å². The van der Waals surface area contributed by atoms with Crippen LogP contribution in [-0.4, -0.2) is 14.5 Å². The number of nitrogens with zero attached hydrogens (tertiary/aromatic N) is 3. The average Bonchev–Trinajstić information content (AvgIpc) is 4.07. The Morgan fingerprint density at radius 1 is 0.500 bits per heavy atom. The van der Waals surface area contributed by atoms with Crippen molar-refractivity contribution < 1.29 is 13.7 Å². The minimum absolute atomic E-state index is 0.113. The summed E-state index contributed by atoms with van der Waals surface area (Å²) in [5.74, 6) is 0. The normalized spacial score (nSPS) is 14.9. The minimum Gasteiger partial charge on any atom is -0.309 e. The van der Waals surface area contributed by atoms with Crippen LogP contribution in [-0.2, 0) is 0 Å². The Labute approximate surface area is 323 Å². The molecule has 0 unspecified atom stereocenters. The summed E-state index contributed by atoms with van der Waals surface area (Å²) in [4.78, 5) is 9.58. The third kappa shape index (κ3) is 4.00. The van der Waals surface area contributed by atoms with E-state index in [1.54, 1.807) is 33.6 Å². The van der Waals surface area contributed by atoms with Gasteiger partial charge in [-0.2, -0.15) is 0 Å². The second-order valence-electron chi connectivity index (χ2n) is 12.6. The average molecular weight is 726 g/mol. The molecule has 0 atom stereocenters. The van der Waals surface area contributed by atoms with E-state index in [0.29, 0.717) is 15.9 Å². The molecule has 0 aliphatic rings. The molecule has 12 rings (SSSR count). The molecule has 0 amide bonds. The Morgan fingerprint density at radius 3 is 2.27 bits per heavy atom. The molecule has 7 aromatic carbocycles. The molecular weight excluding hydrogens is 691 g/mol. The van der Waals surface area contributed by atoms with Gasteiger partial charge in [0.2, 0.25) is 0 Å². The molecule has 5 aromatic heterocycles. The number of fused-ring (bicyclic) bond motifs is 13. The van der Waals surface area contributed by atoms with Crippen LogP contribution >= 0.6 is 34.0 Å². The standard InChI is InChI=1S/C46H25N3S3/c1-4-16-36-34(13-1)41-37(21-20-33-31-12-3-6-18-39(31)51-45(33)41)49(36)28-19-22-40-35(24-28)43-46(52-40)42(47-25-48-43)27-10-7-9-26(23-27)29-14-8-15-32-30-11-2-5-17-38(30)50-44(29)32/h1-25H/i1D,3D,4D,6D,12D,13D,16D,18D,20D,21D. The van der Waals surface area contributed by atoms with Crippen LogP contribution in [0.1, 0.15) is 13.7 Å². The third-order valence-electron chi connectivity index (χ3n) is 9.81. The van der Waals surface area contributed by atoms with E-state index in [2.05, 4.69) is 54.6 Å². The Hall–Kier alpha value is -5.92. The summed E-state index contributed by atoms with van der Waals surface area (Å²) < 4.78 is 95.1. The Morgan fingerprint density at radius 2 is 1.29 bits per heavy atom. The molecule has 242 valence electrons. The number of aromatic nitrogens is 3. The van der Waals surface area contributed by atoms with Crippen LogP contribution in [0.4, 0.5) is 0 Å². The molecule has 0 spiro atoms. The molecule has 5 heterocycles. The van der Waals surface area contributed by atoms with Gasteiger partial charge in [-0.15, -0.1) is 34.0 Å². The molecule has 0 aliphatic heterocycles. The summed E-state index contributed by atoms with van der Waals surface area (Å²) in [7, 11) is 0. The van der Waals surface area contributed by atoms with Crippen molar-refractivity contribution in [3.63, 3.8) is 0 Å². The molecule has 3 nitrogen and oxygen atoms in total. The quantitative estimate of drug-likeness (QED) is 0.182. The lowest BCUT2D eigenvalue weighted by atomic mass is 9.99. The summed E-state index contributed by atoms with van der Waals surface area (Å²) >= 11 is 4.36. The number of thiophene rings is 3. The van der Waals surface area contributed by atoms with E-state index in [0.717, 1.165) is 48.5 Å². The highest BCUT2D eigenvalue weighted by Crippen LogP contribution is 2.45. The van der Waals surface area contributed by atoms with Crippen LogP contribution in [0.25, 0.3) is 111 Å². The van der Waals surface area contributed by atoms with Crippen molar-refractivity contribution in [2.24, 2.45) is 0 Å². The lowest BCUT2D eigenvalue weighted by Crippen LogP contribution is -1.93. The molecule has 52 heavy (non-hydrogen) atoms. The van der Waals surface area contributed by atoms with Crippen molar-refractivity contribution in [3.8, 4) is 28.1 Å². The first kappa shape index (κ1) is 20.8. The Balaban J connectivity index is 1.10. The molecule has 0 bridgehead atoms. The fourth-order valence-electron chi connectivity index (χ4n) is 7.55.